The van der Waals surface area contributed by atoms with Crippen molar-refractivity contribution in [2.45, 2.75) is 32.9 Å². The van der Waals surface area contributed by atoms with E-state index in [0.717, 1.165) is 0 Å². The summed E-state index contributed by atoms with van der Waals surface area (Å²) in [7, 11) is 1.68. The Hall–Kier alpha value is -4.93. The Bertz CT molecular complexity index is 1530. The first kappa shape index (κ1) is 28.1. The summed E-state index contributed by atoms with van der Waals surface area (Å²) in [5, 5.41) is 15.5. The smallest absolute Gasteiger partial charge is 0.249 e. The molecule has 0 saturated carbocycles. The molecule has 0 spiro atoms. The molecule has 0 aliphatic rings. The third-order valence-corrected chi connectivity index (χ3v) is 6.02. The summed E-state index contributed by atoms with van der Waals surface area (Å²) in [4.78, 5) is 16.8. The van der Waals surface area contributed by atoms with Gasteiger partial charge in [0.2, 0.25) is 5.91 Å². The number of nitrogen functional groups attached to an aromatic ring is 1. The summed E-state index contributed by atoms with van der Waals surface area (Å²) in [6.45, 7) is 5.83. The SMILES string of the molecule is CCOc1cc(OC(C)C)c(F)c(C(Nc2ccc(C(=N)N)cc2)c2nc(-c3ccccc3C(N)=O)nn2C)c1. The van der Waals surface area contributed by atoms with E-state index in [1.54, 1.807) is 61.6 Å². The number of amides is 1. The average molecular weight is 546 g/mol. The Morgan fingerprint density at radius 2 is 1.82 bits per heavy atom. The van der Waals surface area contributed by atoms with Gasteiger partial charge in [0, 0.05) is 35.5 Å². The lowest BCUT2D eigenvalue weighted by Crippen LogP contribution is -2.20. The van der Waals surface area contributed by atoms with Gasteiger partial charge in [-0.15, -0.1) is 0 Å². The molecule has 1 unspecified atom stereocenters. The molecule has 0 fully saturated rings. The number of benzene rings is 3. The van der Waals surface area contributed by atoms with Crippen molar-refractivity contribution in [1.82, 2.24) is 14.8 Å². The molecule has 1 atom stereocenters. The Balaban J connectivity index is 1.90. The zero-order valence-corrected chi connectivity index (χ0v) is 22.7. The molecule has 0 radical (unpaired) electrons. The highest BCUT2D eigenvalue weighted by Crippen LogP contribution is 2.36. The van der Waals surface area contributed by atoms with Gasteiger partial charge in [0.15, 0.2) is 23.2 Å². The number of primary amides is 1. The first-order chi connectivity index (χ1) is 19.1. The topological polar surface area (TPSA) is 154 Å². The predicted molar refractivity (Wildman–Crippen MR) is 151 cm³/mol. The fraction of sp³-hybridized carbons (Fsp3) is 0.241. The quantitative estimate of drug-likeness (QED) is 0.161. The molecule has 3 aromatic carbocycles. The number of nitrogens with one attached hydrogen (secondary N) is 2. The molecule has 1 heterocycles. The summed E-state index contributed by atoms with van der Waals surface area (Å²) in [6, 6.07) is 15.8. The van der Waals surface area contributed by atoms with Crippen LogP contribution in [0.5, 0.6) is 11.5 Å². The van der Waals surface area contributed by atoms with Gasteiger partial charge in [-0.2, -0.15) is 5.10 Å². The molecule has 0 bridgehead atoms. The van der Waals surface area contributed by atoms with Gasteiger partial charge in [-0.25, -0.2) is 9.37 Å². The minimum absolute atomic E-state index is 0.0381. The first-order valence-corrected chi connectivity index (χ1v) is 12.7. The monoisotopic (exact) mass is 545 g/mol. The van der Waals surface area contributed by atoms with E-state index in [9.17, 15) is 4.79 Å². The molecule has 1 aromatic heterocycles. The second-order valence-corrected chi connectivity index (χ2v) is 9.32. The highest BCUT2D eigenvalue weighted by atomic mass is 19.1. The Kier molecular flexibility index (Phi) is 8.32. The Morgan fingerprint density at radius 3 is 2.45 bits per heavy atom. The molecule has 0 aliphatic heterocycles. The van der Waals surface area contributed by atoms with Gasteiger partial charge in [0.25, 0.3) is 0 Å². The lowest BCUT2D eigenvalue weighted by molar-refractivity contribution is 0.100. The number of aryl methyl sites for hydroxylation is 1. The fourth-order valence-corrected chi connectivity index (χ4v) is 4.24. The predicted octanol–water partition coefficient (Wildman–Crippen LogP) is 4.39. The van der Waals surface area contributed by atoms with Gasteiger partial charge in [-0.1, -0.05) is 18.2 Å². The van der Waals surface area contributed by atoms with E-state index >= 15 is 4.39 Å². The van der Waals surface area contributed by atoms with Gasteiger partial charge in [-0.3, -0.25) is 14.9 Å². The van der Waals surface area contributed by atoms with Crippen molar-refractivity contribution in [3.63, 3.8) is 0 Å². The maximum atomic E-state index is 16.1. The lowest BCUT2D eigenvalue weighted by Gasteiger charge is -2.23. The van der Waals surface area contributed by atoms with Crippen molar-refractivity contribution in [2.24, 2.45) is 18.5 Å². The number of halogens is 1. The van der Waals surface area contributed by atoms with Crippen LogP contribution in [0, 0.1) is 11.2 Å². The molecule has 208 valence electrons. The van der Waals surface area contributed by atoms with Crippen LogP contribution in [0.15, 0.2) is 60.7 Å². The highest BCUT2D eigenvalue weighted by Gasteiger charge is 2.28. The van der Waals surface area contributed by atoms with Crippen LogP contribution in [0.3, 0.4) is 0 Å². The van der Waals surface area contributed by atoms with Crippen molar-refractivity contribution < 1.29 is 18.7 Å². The largest absolute Gasteiger partial charge is 0.494 e. The van der Waals surface area contributed by atoms with E-state index in [2.05, 4.69) is 10.4 Å². The van der Waals surface area contributed by atoms with Crippen molar-refractivity contribution >= 4 is 17.4 Å². The van der Waals surface area contributed by atoms with Gasteiger partial charge in [0.05, 0.1) is 18.3 Å². The number of anilines is 1. The standard InChI is InChI=1S/C29H32FN7O3/c1-5-39-19-14-22(24(30)23(15-19)40-16(2)3)25(34-18-12-10-17(11-13-18)26(31)32)29-35-28(36-37(29)4)21-9-7-6-8-20(21)27(33)38/h6-16,25,34H,5H2,1-4H3,(H3,31,32)(H2,33,38). The summed E-state index contributed by atoms with van der Waals surface area (Å²) in [5.74, 6) is -0.197. The number of hydrogen-bond donors (Lipinski definition) is 4. The summed E-state index contributed by atoms with van der Waals surface area (Å²) in [6.07, 6.45) is -0.281. The van der Waals surface area contributed by atoms with Gasteiger partial charge in [0.1, 0.15) is 17.6 Å². The molecule has 40 heavy (non-hydrogen) atoms. The summed E-state index contributed by atoms with van der Waals surface area (Å²) < 4.78 is 29.2. The van der Waals surface area contributed by atoms with E-state index in [0.29, 0.717) is 35.0 Å². The van der Waals surface area contributed by atoms with Gasteiger partial charge < -0.3 is 26.3 Å². The molecule has 4 aromatic rings. The molecule has 4 rings (SSSR count). The van der Waals surface area contributed by atoms with E-state index in [1.165, 1.54) is 10.7 Å². The second-order valence-electron chi connectivity index (χ2n) is 9.32. The normalized spacial score (nSPS) is 11.8. The third-order valence-electron chi connectivity index (χ3n) is 6.02. The van der Waals surface area contributed by atoms with Crippen molar-refractivity contribution in [3.8, 4) is 22.9 Å². The van der Waals surface area contributed by atoms with Crippen LogP contribution >= 0.6 is 0 Å². The van der Waals surface area contributed by atoms with E-state index < -0.39 is 17.8 Å². The highest BCUT2D eigenvalue weighted by molar-refractivity contribution is 5.99. The zero-order valence-electron chi connectivity index (χ0n) is 22.7. The number of hydrogen-bond acceptors (Lipinski definition) is 7. The number of nitrogens with zero attached hydrogens (tertiary/aromatic N) is 3. The Labute approximate surface area is 231 Å². The van der Waals surface area contributed by atoms with E-state index in [1.807, 2.05) is 20.8 Å². The van der Waals surface area contributed by atoms with Crippen LogP contribution in [-0.2, 0) is 7.05 Å². The maximum Gasteiger partial charge on any atom is 0.249 e. The summed E-state index contributed by atoms with van der Waals surface area (Å²) >= 11 is 0. The van der Waals surface area contributed by atoms with Crippen LogP contribution in [0.4, 0.5) is 10.1 Å². The number of rotatable bonds is 11. The number of carbonyl (C=O) groups excluding carboxylic acids is 1. The summed E-state index contributed by atoms with van der Waals surface area (Å²) in [5.41, 5.74) is 13.3. The molecular formula is C29H32FN7O3. The van der Waals surface area contributed by atoms with Crippen LogP contribution < -0.4 is 26.3 Å². The number of ether oxygens (including phenoxy) is 2. The van der Waals surface area contributed by atoms with E-state index in [-0.39, 0.29) is 34.6 Å². The molecule has 0 saturated heterocycles. The number of amidine groups is 1. The van der Waals surface area contributed by atoms with Crippen LogP contribution in [-0.4, -0.2) is 39.2 Å². The molecule has 1 amide bonds. The van der Waals surface area contributed by atoms with Crippen LogP contribution in [0.2, 0.25) is 0 Å². The maximum absolute atomic E-state index is 16.1. The van der Waals surface area contributed by atoms with Crippen molar-refractivity contribution in [3.05, 3.63) is 89.0 Å². The van der Waals surface area contributed by atoms with Crippen LogP contribution in [0.1, 0.15) is 54.1 Å². The average Bonchev–Trinajstić information content (AvgIpc) is 3.30. The molecule has 0 aliphatic carbocycles. The van der Waals surface area contributed by atoms with Crippen molar-refractivity contribution in [1.29, 1.82) is 5.41 Å². The molecule has 11 heteroatoms. The van der Waals surface area contributed by atoms with Crippen molar-refractivity contribution in [2.75, 3.05) is 11.9 Å². The van der Waals surface area contributed by atoms with Gasteiger partial charge >= 0.3 is 0 Å². The zero-order chi connectivity index (χ0) is 29.0. The number of carbonyl (C=O) groups is 1. The first-order valence-electron chi connectivity index (χ1n) is 12.7. The van der Waals surface area contributed by atoms with Gasteiger partial charge in [-0.05, 0) is 57.2 Å². The molecular weight excluding hydrogens is 513 g/mol. The number of aromatic nitrogens is 3. The number of nitrogens with two attached hydrogens (primary N) is 2. The molecule has 10 nitrogen and oxygen atoms in total. The minimum atomic E-state index is -0.870. The minimum Gasteiger partial charge on any atom is -0.494 e. The molecule has 6 N–H and O–H groups in total. The third kappa shape index (κ3) is 6.04. The lowest BCUT2D eigenvalue weighted by atomic mass is 10.0. The Morgan fingerprint density at radius 1 is 1.12 bits per heavy atom. The fourth-order valence-electron chi connectivity index (χ4n) is 4.24. The second kappa shape index (κ2) is 11.9. The van der Waals surface area contributed by atoms with Crippen LogP contribution in [0.25, 0.3) is 11.4 Å². The van der Waals surface area contributed by atoms with E-state index in [4.69, 9.17) is 31.3 Å².